The van der Waals surface area contributed by atoms with Crippen molar-refractivity contribution in [3.63, 3.8) is 0 Å². The number of H-pyrrole nitrogens is 2. The van der Waals surface area contributed by atoms with Gasteiger partial charge in [0.15, 0.2) is 5.65 Å². The zero-order valence-corrected chi connectivity index (χ0v) is 21.6. The van der Waals surface area contributed by atoms with Crippen molar-refractivity contribution < 1.29 is 4.79 Å². The van der Waals surface area contributed by atoms with E-state index in [0.29, 0.717) is 16.9 Å². The van der Waals surface area contributed by atoms with Crippen LogP contribution < -0.4 is 5.32 Å². The van der Waals surface area contributed by atoms with Gasteiger partial charge < -0.3 is 10.3 Å². The third-order valence-corrected chi connectivity index (χ3v) is 7.62. The van der Waals surface area contributed by atoms with Gasteiger partial charge in [-0.2, -0.15) is 5.10 Å². The van der Waals surface area contributed by atoms with E-state index in [2.05, 4.69) is 60.6 Å². The number of nitrogens with one attached hydrogen (secondary N) is 3. The van der Waals surface area contributed by atoms with E-state index < -0.39 is 0 Å². The molecule has 8 nitrogen and oxygen atoms in total. The number of fused-ring (bicyclic) bond motifs is 2. The molecule has 0 saturated carbocycles. The van der Waals surface area contributed by atoms with Crippen LogP contribution in [0.25, 0.3) is 54.9 Å². The summed E-state index contributed by atoms with van der Waals surface area (Å²) in [5.74, 6) is -0.189. The zero-order chi connectivity index (χ0) is 26.3. The fourth-order valence-corrected chi connectivity index (χ4v) is 5.57. The first kappa shape index (κ1) is 23.0. The molecule has 188 valence electrons. The molecule has 0 spiro atoms. The summed E-state index contributed by atoms with van der Waals surface area (Å²) in [7, 11) is 0. The van der Waals surface area contributed by atoms with Crippen molar-refractivity contribution >= 4 is 44.9 Å². The minimum absolute atomic E-state index is 0.189. The van der Waals surface area contributed by atoms with Crippen LogP contribution >= 0.6 is 11.3 Å². The second-order valence-electron chi connectivity index (χ2n) is 9.22. The molecule has 0 atom stereocenters. The van der Waals surface area contributed by atoms with Gasteiger partial charge in [-0.3, -0.25) is 19.9 Å². The fraction of sp³-hybridized carbons (Fsp3) is 0.0333. The minimum Gasteiger partial charge on any atom is -0.352 e. The Labute approximate surface area is 226 Å². The van der Waals surface area contributed by atoms with Gasteiger partial charge in [0.2, 0.25) is 0 Å². The minimum atomic E-state index is -0.189. The second-order valence-corrected chi connectivity index (χ2v) is 10.5. The molecule has 9 heteroatoms. The molecule has 0 aliphatic carbocycles. The highest BCUT2D eigenvalue weighted by molar-refractivity contribution is 7.15. The van der Waals surface area contributed by atoms with Crippen LogP contribution in [-0.4, -0.2) is 36.0 Å². The quantitative estimate of drug-likeness (QED) is 0.227. The van der Waals surface area contributed by atoms with E-state index in [9.17, 15) is 4.79 Å². The number of hydrogen-bond acceptors (Lipinski definition) is 6. The summed E-state index contributed by atoms with van der Waals surface area (Å²) in [5, 5.41) is 12.5. The standard InChI is InChI=1S/C30H21N7OS/c1-17-7-8-27(39-17)24-15-32-16-26-22(24)11-25(35-26)28-23-10-20(13-33-29(23)37-36-28)19-9-21(14-31-12-19)34-30(38)18-5-3-2-4-6-18/h2-16,35H,1H3,(H,34,38)(H,33,36,37). The number of benzene rings is 1. The number of hydrogen-bond donors (Lipinski definition) is 3. The topological polar surface area (TPSA) is 112 Å². The van der Waals surface area contributed by atoms with Crippen LogP contribution in [0, 0.1) is 6.92 Å². The van der Waals surface area contributed by atoms with Crippen LogP contribution in [0.15, 0.2) is 91.6 Å². The highest BCUT2D eigenvalue weighted by Crippen LogP contribution is 2.36. The Bertz CT molecular complexity index is 1990. The molecule has 39 heavy (non-hydrogen) atoms. The first-order chi connectivity index (χ1) is 19.1. The summed E-state index contributed by atoms with van der Waals surface area (Å²) in [6.07, 6.45) is 8.90. The van der Waals surface area contributed by atoms with Crippen LogP contribution in [0.2, 0.25) is 0 Å². The van der Waals surface area contributed by atoms with Crippen LogP contribution in [-0.2, 0) is 0 Å². The Morgan fingerprint density at radius 1 is 0.872 bits per heavy atom. The number of pyridine rings is 3. The van der Waals surface area contributed by atoms with Crippen molar-refractivity contribution in [3.8, 4) is 33.0 Å². The summed E-state index contributed by atoms with van der Waals surface area (Å²) in [5.41, 5.74) is 7.24. The highest BCUT2D eigenvalue weighted by Gasteiger charge is 2.16. The molecule has 0 fully saturated rings. The lowest BCUT2D eigenvalue weighted by molar-refractivity contribution is 0.102. The third kappa shape index (κ3) is 4.24. The molecule has 1 amide bonds. The molecule has 0 saturated heterocycles. The van der Waals surface area contributed by atoms with Gasteiger partial charge in [-0.05, 0) is 49.4 Å². The predicted octanol–water partition coefficient (Wildman–Crippen LogP) is 6.85. The van der Waals surface area contributed by atoms with E-state index in [1.807, 2.05) is 42.7 Å². The van der Waals surface area contributed by atoms with Crippen molar-refractivity contribution in [1.29, 1.82) is 0 Å². The first-order valence-electron chi connectivity index (χ1n) is 12.3. The Balaban J connectivity index is 1.25. The molecule has 3 N–H and O–H groups in total. The Morgan fingerprint density at radius 3 is 2.56 bits per heavy atom. The van der Waals surface area contributed by atoms with Gasteiger partial charge in [0.05, 0.1) is 29.3 Å². The van der Waals surface area contributed by atoms with E-state index in [-0.39, 0.29) is 5.91 Å². The van der Waals surface area contributed by atoms with Gasteiger partial charge >= 0.3 is 0 Å². The lowest BCUT2D eigenvalue weighted by Crippen LogP contribution is -2.11. The van der Waals surface area contributed by atoms with E-state index in [4.69, 9.17) is 0 Å². The monoisotopic (exact) mass is 527 g/mol. The Morgan fingerprint density at radius 2 is 1.72 bits per heavy atom. The van der Waals surface area contributed by atoms with Gasteiger partial charge in [0.25, 0.3) is 5.91 Å². The number of aryl methyl sites for hydroxylation is 1. The Kier molecular flexibility index (Phi) is 5.49. The van der Waals surface area contributed by atoms with E-state index >= 15 is 0 Å². The molecule has 6 heterocycles. The molecular formula is C30H21N7OS. The summed E-state index contributed by atoms with van der Waals surface area (Å²) >= 11 is 1.75. The average Bonchev–Trinajstić information content (AvgIpc) is 3.71. The van der Waals surface area contributed by atoms with Crippen LogP contribution in [0.4, 0.5) is 5.69 Å². The largest absolute Gasteiger partial charge is 0.352 e. The molecule has 1 aromatic carbocycles. The van der Waals surface area contributed by atoms with Crippen molar-refractivity contribution in [2.45, 2.75) is 6.92 Å². The van der Waals surface area contributed by atoms with Crippen molar-refractivity contribution in [3.05, 3.63) is 102 Å². The zero-order valence-electron chi connectivity index (χ0n) is 20.8. The van der Waals surface area contributed by atoms with Crippen LogP contribution in [0.1, 0.15) is 15.2 Å². The van der Waals surface area contributed by atoms with E-state index in [1.165, 1.54) is 9.75 Å². The van der Waals surface area contributed by atoms with Gasteiger partial charge in [0, 0.05) is 61.4 Å². The maximum atomic E-state index is 12.6. The average molecular weight is 528 g/mol. The lowest BCUT2D eigenvalue weighted by Gasteiger charge is -2.07. The summed E-state index contributed by atoms with van der Waals surface area (Å²) in [6.45, 7) is 2.10. The summed E-state index contributed by atoms with van der Waals surface area (Å²) < 4.78 is 0. The van der Waals surface area contributed by atoms with Crippen LogP contribution in [0.3, 0.4) is 0 Å². The molecular weight excluding hydrogens is 506 g/mol. The van der Waals surface area contributed by atoms with Crippen molar-refractivity contribution in [2.24, 2.45) is 0 Å². The molecule has 0 radical (unpaired) electrons. The maximum Gasteiger partial charge on any atom is 0.255 e. The van der Waals surface area contributed by atoms with Gasteiger partial charge in [-0.15, -0.1) is 11.3 Å². The molecule has 6 aromatic heterocycles. The number of amides is 1. The summed E-state index contributed by atoms with van der Waals surface area (Å²) in [6, 6.07) is 19.4. The highest BCUT2D eigenvalue weighted by atomic mass is 32.1. The van der Waals surface area contributed by atoms with E-state index in [0.717, 1.165) is 44.4 Å². The molecule has 0 bridgehead atoms. The number of aromatic amines is 2. The van der Waals surface area contributed by atoms with Gasteiger partial charge in [-0.25, -0.2) is 4.98 Å². The second kappa shape index (κ2) is 9.30. The maximum absolute atomic E-state index is 12.6. The Hall–Kier alpha value is -5.15. The number of aromatic nitrogens is 6. The van der Waals surface area contributed by atoms with Crippen LogP contribution in [0.5, 0.6) is 0 Å². The number of carbonyl (C=O) groups is 1. The van der Waals surface area contributed by atoms with E-state index in [1.54, 1.807) is 42.1 Å². The normalized spacial score (nSPS) is 11.3. The molecule has 7 aromatic rings. The van der Waals surface area contributed by atoms with Gasteiger partial charge in [0.1, 0.15) is 5.69 Å². The van der Waals surface area contributed by atoms with Gasteiger partial charge in [-0.1, -0.05) is 18.2 Å². The molecule has 0 aliphatic rings. The predicted molar refractivity (Wildman–Crippen MR) is 155 cm³/mol. The smallest absolute Gasteiger partial charge is 0.255 e. The summed E-state index contributed by atoms with van der Waals surface area (Å²) in [4.78, 5) is 32.0. The number of nitrogens with zero attached hydrogens (tertiary/aromatic N) is 4. The number of rotatable bonds is 5. The van der Waals surface area contributed by atoms with Crippen molar-refractivity contribution in [2.75, 3.05) is 5.32 Å². The van der Waals surface area contributed by atoms with Crippen molar-refractivity contribution in [1.82, 2.24) is 30.1 Å². The number of carbonyl (C=O) groups excluding carboxylic acids is 1. The first-order valence-corrected chi connectivity index (χ1v) is 13.1. The lowest BCUT2D eigenvalue weighted by atomic mass is 10.1. The third-order valence-electron chi connectivity index (χ3n) is 6.59. The fourth-order valence-electron chi connectivity index (χ4n) is 4.68. The molecule has 0 unspecified atom stereocenters. The number of thiophene rings is 1. The molecule has 7 rings (SSSR count). The molecule has 0 aliphatic heterocycles. The SMILES string of the molecule is Cc1ccc(-c2cncc3[nH]c(-c4n[nH]c5ncc(-c6cncc(NC(=O)c7ccccc7)c6)cc45)cc23)s1. The number of anilines is 1.